The molecule has 5 aliphatic rings. The first-order chi connectivity index (χ1) is 34.5. The Bertz CT molecular complexity index is 2080. The number of fused-ring (bicyclic) bond motifs is 3. The van der Waals surface area contributed by atoms with Crippen LogP contribution < -0.4 is 0 Å². The Morgan fingerprint density at radius 2 is 1.58 bits per heavy atom. The molecule has 5 rings (SSSR count). The van der Waals surface area contributed by atoms with Gasteiger partial charge in [-0.3, -0.25) is 24.0 Å². The van der Waals surface area contributed by atoms with Crippen molar-refractivity contribution >= 4 is 35.2 Å². The topological polar surface area (TPSA) is 273 Å². The smallest absolute Gasteiger partial charge is 0.329 e. The van der Waals surface area contributed by atoms with Crippen molar-refractivity contribution in [3.8, 4) is 0 Å². The molecule has 0 aromatic rings. The van der Waals surface area contributed by atoms with E-state index in [0.29, 0.717) is 51.4 Å². The maximum absolute atomic E-state index is 14.6. The Hall–Kier alpha value is -3.98. The Labute approximate surface area is 430 Å². The fourth-order valence-corrected chi connectivity index (χ4v) is 11.6. The predicted molar refractivity (Wildman–Crippen MR) is 266 cm³/mol. The highest BCUT2D eigenvalue weighted by Gasteiger charge is 2.57. The summed E-state index contributed by atoms with van der Waals surface area (Å²) in [6, 6.07) is -1.24. The number of hydrogen-bond donors (Lipinski definition) is 6. The summed E-state index contributed by atoms with van der Waals surface area (Å²) < 4.78 is 29.8. The lowest BCUT2D eigenvalue weighted by Gasteiger charge is -2.50. The number of Topliss-reactive ketones (excluding diaryl/α,β-unsaturated/α-hetero) is 3. The van der Waals surface area contributed by atoms with Crippen molar-refractivity contribution in [2.24, 2.45) is 52.8 Å². The third kappa shape index (κ3) is 13.7. The second kappa shape index (κ2) is 26.2. The van der Waals surface area contributed by atoms with Gasteiger partial charge in [-0.2, -0.15) is 0 Å². The van der Waals surface area contributed by atoms with Crippen molar-refractivity contribution in [2.45, 2.75) is 167 Å². The van der Waals surface area contributed by atoms with Gasteiger partial charge in [0.1, 0.15) is 35.2 Å². The van der Waals surface area contributed by atoms with Gasteiger partial charge >= 0.3 is 11.9 Å². The molecule has 0 spiro atoms. The molecule has 1 saturated carbocycles. The fourth-order valence-electron chi connectivity index (χ4n) is 11.6. The lowest BCUT2D eigenvalue weighted by molar-refractivity contribution is -0.266. The zero-order chi connectivity index (χ0) is 54.1. The standard InChI is InChI=1S/C55H83NO17/c1-30-14-11-10-12-15-31(2)47(61)35(6)49(63)40(27-57)48(62)33(4)22-32(3)41(60)26-44-39(23-36-18-20-42(45(24-36)70-9)72-53(67)54(7,28-58)29-59)38-16-13-21-56(46(38)52(66)71-44)51(65)50(64)55(68)34(5)17-19-37(73-55)25-43(30)69-8/h10-12,14-15,22,31-32,34-40,42-48,57-59,61-62,68H,13,16-21,23-29H2,1-9H3/b11-10+,15-12+,30-14+,33-22+/t31-,32-,34-,35-,36+,37?,38?,39+,40-,42-,43+,44+,45-,46+,47?,48-,55-/m1/s1. The number of nitrogens with zero attached hydrogens (tertiary/aromatic N) is 1. The van der Waals surface area contributed by atoms with E-state index in [1.807, 2.05) is 13.0 Å². The van der Waals surface area contributed by atoms with Gasteiger partial charge in [-0.25, -0.2) is 4.79 Å². The molecule has 3 saturated heterocycles. The van der Waals surface area contributed by atoms with E-state index in [0.717, 1.165) is 5.57 Å². The number of ketones is 3. The first-order valence-corrected chi connectivity index (χ1v) is 26.2. The molecule has 410 valence electrons. The highest BCUT2D eigenvalue weighted by atomic mass is 16.6. The number of allylic oxidation sites excluding steroid dienone is 5. The largest absolute Gasteiger partial charge is 0.460 e. The molecule has 18 heteroatoms. The molecule has 0 aromatic carbocycles. The van der Waals surface area contributed by atoms with E-state index in [9.17, 15) is 59.4 Å². The second-order valence-electron chi connectivity index (χ2n) is 21.9. The van der Waals surface area contributed by atoms with Crippen molar-refractivity contribution in [3.05, 3.63) is 47.6 Å². The molecule has 4 heterocycles. The van der Waals surface area contributed by atoms with E-state index < -0.39 is 151 Å². The van der Waals surface area contributed by atoms with Gasteiger partial charge in [-0.15, -0.1) is 0 Å². The van der Waals surface area contributed by atoms with E-state index in [-0.39, 0.29) is 36.7 Å². The Morgan fingerprint density at radius 1 is 0.877 bits per heavy atom. The van der Waals surface area contributed by atoms with E-state index in [4.69, 9.17) is 23.7 Å². The SMILES string of the molecule is CO[C@H]1CC2CC[C@@H](C)[C@@](O)(O2)C(=O)C(=O)N2CCCC3[C@H]2C(=O)O[C@@H](CC(=O)[C@H](C)/C=C(\C)[C@@H](O)[C@@H](CO)C(=O)[C@H](C)C(O)[C@H](C)/C=C/C=C/C=C/1C)[C@H]3C[C@@H]1CC[C@@H](OC(=O)C(C)(CO)CO)[C@H](OC)C1. The molecule has 17 atom stereocenters. The van der Waals surface area contributed by atoms with Gasteiger partial charge in [0.15, 0.2) is 0 Å². The molecule has 1 amide bonds. The molecule has 0 radical (unpaired) electrons. The Kier molecular flexibility index (Phi) is 21.5. The number of carbonyl (C=O) groups excluding carboxylic acids is 6. The van der Waals surface area contributed by atoms with Crippen LogP contribution in [0.15, 0.2) is 47.6 Å². The number of carbonyl (C=O) groups is 6. The van der Waals surface area contributed by atoms with E-state index in [2.05, 4.69) is 0 Å². The summed E-state index contributed by atoms with van der Waals surface area (Å²) in [7, 11) is 3.02. The average molecular weight is 1030 g/mol. The first-order valence-electron chi connectivity index (χ1n) is 26.2. The Balaban J connectivity index is 1.52. The third-order valence-electron chi connectivity index (χ3n) is 16.7. The van der Waals surface area contributed by atoms with Gasteiger partial charge < -0.3 is 59.2 Å². The summed E-state index contributed by atoms with van der Waals surface area (Å²) >= 11 is 0. The number of rotatable bonds is 9. The summed E-state index contributed by atoms with van der Waals surface area (Å²) in [6.07, 6.45) is 7.44. The summed E-state index contributed by atoms with van der Waals surface area (Å²) in [5.41, 5.74) is -0.483. The van der Waals surface area contributed by atoms with Crippen LogP contribution >= 0.6 is 0 Å². The fraction of sp³-hybridized carbons (Fsp3) is 0.745. The number of aliphatic hydroxyl groups is 6. The number of methoxy groups -OCH3 is 2. The lowest BCUT2D eigenvalue weighted by atomic mass is 9.68. The molecule has 3 unspecified atom stereocenters. The molecular weight excluding hydrogens is 947 g/mol. The molecule has 4 fully saturated rings. The van der Waals surface area contributed by atoms with Crippen LogP contribution in [0.4, 0.5) is 0 Å². The van der Waals surface area contributed by atoms with Crippen molar-refractivity contribution < 1.29 is 83.1 Å². The van der Waals surface area contributed by atoms with Crippen LogP contribution in [0.25, 0.3) is 0 Å². The molecule has 4 aliphatic heterocycles. The zero-order valence-electron chi connectivity index (χ0n) is 44.2. The van der Waals surface area contributed by atoms with E-state index >= 15 is 0 Å². The average Bonchev–Trinajstić information content (AvgIpc) is 3.38. The molecule has 73 heavy (non-hydrogen) atoms. The highest BCUT2D eigenvalue weighted by molar-refractivity contribution is 6.39. The van der Waals surface area contributed by atoms with Crippen LogP contribution in [0.2, 0.25) is 0 Å². The predicted octanol–water partition coefficient (Wildman–Crippen LogP) is 3.51. The lowest BCUT2D eigenvalue weighted by Crippen LogP contribution is -2.65. The molecular formula is C55H83NO17. The van der Waals surface area contributed by atoms with Crippen LogP contribution in [-0.4, -0.2) is 166 Å². The molecule has 18 nitrogen and oxygen atoms in total. The summed E-state index contributed by atoms with van der Waals surface area (Å²) in [6.45, 7) is 9.37. The number of aliphatic hydroxyl groups excluding tert-OH is 5. The van der Waals surface area contributed by atoms with Crippen LogP contribution in [0.1, 0.15) is 113 Å². The Morgan fingerprint density at radius 3 is 2.22 bits per heavy atom. The number of hydrogen-bond acceptors (Lipinski definition) is 17. The summed E-state index contributed by atoms with van der Waals surface area (Å²) in [4.78, 5) is 85.8. The van der Waals surface area contributed by atoms with Crippen molar-refractivity contribution in [1.82, 2.24) is 4.90 Å². The normalized spacial score (nSPS) is 40.5. The minimum Gasteiger partial charge on any atom is -0.460 e. The monoisotopic (exact) mass is 1030 g/mol. The van der Waals surface area contributed by atoms with Gasteiger partial charge in [0, 0.05) is 63.2 Å². The quantitative estimate of drug-likeness (QED) is 0.110. The van der Waals surface area contributed by atoms with Gasteiger partial charge in [-0.05, 0) is 95.1 Å². The highest BCUT2D eigenvalue weighted by Crippen LogP contribution is 2.46. The van der Waals surface area contributed by atoms with Crippen molar-refractivity contribution in [1.29, 1.82) is 0 Å². The zero-order valence-corrected chi connectivity index (χ0v) is 44.2. The maximum Gasteiger partial charge on any atom is 0.329 e. The van der Waals surface area contributed by atoms with E-state index in [1.165, 1.54) is 39.0 Å². The molecule has 0 aromatic heterocycles. The van der Waals surface area contributed by atoms with Crippen molar-refractivity contribution in [2.75, 3.05) is 40.6 Å². The van der Waals surface area contributed by atoms with Crippen LogP contribution in [0, 0.1) is 52.8 Å². The number of ether oxygens (including phenoxy) is 5. The van der Waals surface area contributed by atoms with Gasteiger partial charge in [0.05, 0.1) is 56.3 Å². The third-order valence-corrected chi connectivity index (χ3v) is 16.7. The first kappa shape index (κ1) is 59.9. The van der Waals surface area contributed by atoms with Gasteiger partial charge in [-0.1, -0.05) is 64.2 Å². The number of amides is 1. The van der Waals surface area contributed by atoms with E-state index in [1.54, 1.807) is 52.0 Å². The summed E-state index contributed by atoms with van der Waals surface area (Å²) in [5, 5.41) is 64.9. The molecule has 6 N–H and O–H groups in total. The second-order valence-corrected chi connectivity index (χ2v) is 21.9. The number of esters is 2. The number of piperidine rings is 1. The van der Waals surface area contributed by atoms with Crippen LogP contribution in [0.5, 0.6) is 0 Å². The molecule has 6 bridgehead atoms. The maximum atomic E-state index is 14.6. The van der Waals surface area contributed by atoms with Crippen LogP contribution in [-0.2, 0) is 52.5 Å². The van der Waals surface area contributed by atoms with Gasteiger partial charge in [0.2, 0.25) is 5.79 Å². The van der Waals surface area contributed by atoms with Crippen LogP contribution in [0.3, 0.4) is 0 Å². The van der Waals surface area contributed by atoms with Gasteiger partial charge in [0.25, 0.3) is 11.7 Å². The molecule has 1 aliphatic carbocycles. The minimum atomic E-state index is -2.51. The van der Waals surface area contributed by atoms with Crippen molar-refractivity contribution in [3.63, 3.8) is 0 Å². The minimum absolute atomic E-state index is 0.0176. The summed E-state index contributed by atoms with van der Waals surface area (Å²) in [5.74, 6) is -13.0.